The van der Waals surface area contributed by atoms with Crippen LogP contribution in [0.15, 0.2) is 24.3 Å². The van der Waals surface area contributed by atoms with Gasteiger partial charge in [0.1, 0.15) is 11.2 Å². The van der Waals surface area contributed by atoms with Crippen molar-refractivity contribution in [2.75, 3.05) is 53.5 Å². The van der Waals surface area contributed by atoms with Gasteiger partial charge in [-0.25, -0.2) is 4.79 Å². The number of piperidine rings is 1. The quantitative estimate of drug-likeness (QED) is 0.236. The summed E-state index contributed by atoms with van der Waals surface area (Å²) in [5.74, 6) is -2.97. The van der Waals surface area contributed by atoms with Gasteiger partial charge in [0.05, 0.1) is 54.7 Å². The molecule has 0 radical (unpaired) electrons. The van der Waals surface area contributed by atoms with Crippen LogP contribution in [0.4, 0.5) is 5.69 Å². The Bertz CT molecular complexity index is 1490. The molecule has 1 aliphatic heterocycles. The summed E-state index contributed by atoms with van der Waals surface area (Å²) in [6, 6.07) is 6.04. The third kappa shape index (κ3) is 4.45. The van der Waals surface area contributed by atoms with Crippen LogP contribution < -0.4 is 5.32 Å². The molecule has 6 fully saturated rings. The van der Waals surface area contributed by atoms with Gasteiger partial charge in [-0.15, -0.1) is 0 Å². The molecule has 5 saturated carbocycles. The van der Waals surface area contributed by atoms with E-state index in [2.05, 4.69) is 17.1 Å². The molecule has 1 spiro atoms. The molecule has 270 valence electrons. The molecule has 0 aromatic heterocycles. The maximum absolute atomic E-state index is 13.9. The van der Waals surface area contributed by atoms with Crippen molar-refractivity contribution in [3.8, 4) is 0 Å². The number of aliphatic hydroxyl groups is 2. The average molecular weight is 687 g/mol. The lowest BCUT2D eigenvalue weighted by Gasteiger charge is -2.70. The molecule has 1 saturated heterocycles. The van der Waals surface area contributed by atoms with Crippen molar-refractivity contribution in [1.29, 1.82) is 0 Å². The number of anilines is 1. The zero-order valence-corrected chi connectivity index (χ0v) is 28.9. The molecule has 49 heavy (non-hydrogen) atoms. The molecular weight excluding hydrogens is 636 g/mol. The monoisotopic (exact) mass is 686 g/mol. The van der Waals surface area contributed by atoms with E-state index < -0.39 is 52.0 Å². The number of carboxylic acid groups (broad SMARTS) is 1. The molecule has 13 heteroatoms. The Balaban J connectivity index is 1.29. The lowest BCUT2D eigenvalue weighted by Crippen LogP contribution is -2.82. The number of carbonyl (C=O) groups excluding carboxylic acids is 2. The maximum Gasteiger partial charge on any atom is 0.340 e. The SMILES string of the molecule is CCN1C[C@]2(COC(=O)c3ccccc3NC(=O)CCC(=O)O)CC[C@H](OC)[C@]34C1[C@](O)([C@@H](OC)[C@H]23)[C@@]1(O)C[C@H](OC)[C@H]2C[C@@H]4[C@@H]1[C@H]2OC. The molecular formula is C36H50N2O11. The predicted molar refractivity (Wildman–Crippen MR) is 174 cm³/mol. The molecule has 1 unspecified atom stereocenters. The number of nitrogens with one attached hydrogen (secondary N) is 1. The van der Waals surface area contributed by atoms with Crippen molar-refractivity contribution in [2.24, 2.45) is 34.5 Å². The van der Waals surface area contributed by atoms with Gasteiger partial charge in [-0.1, -0.05) is 19.1 Å². The van der Waals surface area contributed by atoms with Gasteiger partial charge in [-0.2, -0.15) is 0 Å². The number of hydrogen-bond acceptors (Lipinski definition) is 11. The van der Waals surface area contributed by atoms with Crippen LogP contribution in [0.5, 0.6) is 0 Å². The molecule has 4 N–H and O–H groups in total. The molecule has 7 bridgehead atoms. The third-order valence-corrected chi connectivity index (χ3v) is 13.8. The molecule has 7 rings (SSSR count). The van der Waals surface area contributed by atoms with Crippen LogP contribution >= 0.6 is 0 Å². The highest BCUT2D eigenvalue weighted by Gasteiger charge is 2.91. The lowest BCUT2D eigenvalue weighted by molar-refractivity contribution is -0.320. The summed E-state index contributed by atoms with van der Waals surface area (Å²) < 4.78 is 31.2. The van der Waals surface area contributed by atoms with Gasteiger partial charge < -0.3 is 44.3 Å². The fraction of sp³-hybridized carbons (Fsp3) is 0.750. The van der Waals surface area contributed by atoms with E-state index in [1.165, 1.54) is 0 Å². The first-order chi connectivity index (χ1) is 23.4. The van der Waals surface area contributed by atoms with E-state index >= 15 is 0 Å². The lowest BCUT2D eigenvalue weighted by atomic mass is 9.42. The smallest absolute Gasteiger partial charge is 0.340 e. The second-order valence-electron chi connectivity index (χ2n) is 15.2. The topological polar surface area (TPSA) is 173 Å². The zero-order chi connectivity index (χ0) is 35.1. The third-order valence-electron chi connectivity index (χ3n) is 13.8. The van der Waals surface area contributed by atoms with Gasteiger partial charge in [0.2, 0.25) is 5.91 Å². The van der Waals surface area contributed by atoms with E-state index in [-0.39, 0.29) is 79.1 Å². The number of aliphatic carboxylic acids is 1. The molecule has 1 aromatic carbocycles. The van der Waals surface area contributed by atoms with Gasteiger partial charge in [-0.05, 0) is 43.9 Å². The molecule has 1 amide bonds. The number of hydrogen-bond donors (Lipinski definition) is 4. The number of benzene rings is 1. The Morgan fingerprint density at radius 3 is 2.43 bits per heavy atom. The minimum atomic E-state index is -1.70. The highest BCUT2D eigenvalue weighted by Crippen LogP contribution is 2.80. The number of rotatable bonds is 12. The molecule has 5 aliphatic carbocycles. The molecule has 13 atom stereocenters. The van der Waals surface area contributed by atoms with Crippen LogP contribution in [0.2, 0.25) is 0 Å². The largest absolute Gasteiger partial charge is 0.481 e. The second-order valence-corrected chi connectivity index (χ2v) is 15.2. The number of nitrogens with zero attached hydrogens (tertiary/aromatic N) is 1. The number of esters is 1. The number of amides is 1. The minimum absolute atomic E-state index is 0.0305. The average Bonchev–Trinajstić information content (AvgIpc) is 3.51. The van der Waals surface area contributed by atoms with Gasteiger partial charge >= 0.3 is 11.9 Å². The Morgan fingerprint density at radius 2 is 1.78 bits per heavy atom. The van der Waals surface area contributed by atoms with E-state index in [0.29, 0.717) is 25.9 Å². The first kappa shape index (κ1) is 34.8. The maximum atomic E-state index is 13.9. The Labute approximate surface area is 286 Å². The Morgan fingerprint density at radius 1 is 1.02 bits per heavy atom. The van der Waals surface area contributed by atoms with Crippen molar-refractivity contribution in [2.45, 2.75) is 87.1 Å². The molecule has 1 heterocycles. The number of fused-ring (bicyclic) bond motifs is 2. The first-order valence-electron chi connectivity index (χ1n) is 17.5. The number of methoxy groups -OCH3 is 4. The van der Waals surface area contributed by atoms with E-state index in [0.717, 1.165) is 6.42 Å². The molecule has 1 aromatic rings. The summed E-state index contributed by atoms with van der Waals surface area (Å²) in [5.41, 5.74) is -4.18. The number of para-hydroxylation sites is 1. The van der Waals surface area contributed by atoms with Gasteiger partial charge in [-0.3, -0.25) is 14.5 Å². The van der Waals surface area contributed by atoms with Crippen molar-refractivity contribution in [3.05, 3.63) is 29.8 Å². The fourth-order valence-electron chi connectivity index (χ4n) is 12.5. The standard InChI is InChI=1S/C36H50N2O11/c1-6-38-17-33(18-49-31(42)19-9-7-8-10-22(19)37-25(39)11-12-26(40)41)14-13-24(46-3)35-21-15-20-23(45-2)16-34(43,27(21)28(20)47-4)36(44,32(35)38)30(48-5)29(33)35/h7-10,20-21,23-24,27-30,32,43-44H,6,11-18H2,1-5H3,(H,37,39)(H,40,41)/t20-,21-,23+,24+,27-,28+,29-,30+,32?,33+,34-,35+,36-/m1/s1. The van der Waals surface area contributed by atoms with E-state index in [1.54, 1.807) is 52.7 Å². The Hall–Kier alpha value is -2.65. The van der Waals surface area contributed by atoms with Gasteiger partial charge in [0.15, 0.2) is 0 Å². The predicted octanol–water partition coefficient (Wildman–Crippen LogP) is 1.94. The van der Waals surface area contributed by atoms with Crippen LogP contribution in [0.1, 0.15) is 55.8 Å². The number of likely N-dealkylation sites (tertiary alicyclic amines) is 1. The van der Waals surface area contributed by atoms with E-state index in [9.17, 15) is 24.6 Å². The van der Waals surface area contributed by atoms with E-state index in [4.69, 9.17) is 28.8 Å². The fourth-order valence-corrected chi connectivity index (χ4v) is 12.5. The van der Waals surface area contributed by atoms with Crippen molar-refractivity contribution in [3.63, 3.8) is 0 Å². The summed E-state index contributed by atoms with van der Waals surface area (Å²) in [6.45, 7) is 3.20. The molecule has 13 nitrogen and oxygen atoms in total. The highest BCUT2D eigenvalue weighted by atomic mass is 16.5. The van der Waals surface area contributed by atoms with Crippen LogP contribution in [-0.4, -0.2) is 128 Å². The van der Waals surface area contributed by atoms with Gasteiger partial charge in [0, 0.05) is 76.4 Å². The van der Waals surface area contributed by atoms with Crippen LogP contribution in [0, 0.1) is 34.5 Å². The van der Waals surface area contributed by atoms with E-state index in [1.807, 2.05) is 0 Å². The first-order valence-corrected chi connectivity index (χ1v) is 17.5. The van der Waals surface area contributed by atoms with Crippen molar-refractivity contribution in [1.82, 2.24) is 4.90 Å². The van der Waals surface area contributed by atoms with Crippen LogP contribution in [0.3, 0.4) is 0 Å². The number of likely N-dealkylation sites (N-methyl/N-ethyl adjacent to an activating group) is 1. The molecule has 6 aliphatic rings. The normalized spacial score (nSPS) is 44.4. The number of carboxylic acids is 1. The van der Waals surface area contributed by atoms with Crippen molar-refractivity contribution < 1.29 is 53.4 Å². The van der Waals surface area contributed by atoms with Crippen LogP contribution in [-0.2, 0) is 33.3 Å². The summed E-state index contributed by atoms with van der Waals surface area (Å²) in [4.78, 5) is 39.6. The summed E-state index contributed by atoms with van der Waals surface area (Å²) >= 11 is 0. The summed E-state index contributed by atoms with van der Waals surface area (Å²) in [6.07, 6.45) is 0.0966. The zero-order valence-electron chi connectivity index (χ0n) is 28.9. The summed E-state index contributed by atoms with van der Waals surface area (Å²) in [5, 5.41) is 38.2. The van der Waals surface area contributed by atoms with Crippen molar-refractivity contribution >= 4 is 23.5 Å². The Kier molecular flexibility index (Phi) is 8.69. The van der Waals surface area contributed by atoms with Gasteiger partial charge in [0.25, 0.3) is 0 Å². The highest BCUT2D eigenvalue weighted by molar-refractivity contribution is 6.01. The van der Waals surface area contributed by atoms with Crippen LogP contribution in [0.25, 0.3) is 0 Å². The second kappa shape index (κ2) is 12.2. The number of carbonyl (C=O) groups is 3. The summed E-state index contributed by atoms with van der Waals surface area (Å²) in [7, 11) is 6.66. The minimum Gasteiger partial charge on any atom is -0.481 e. The number of ether oxygens (including phenoxy) is 5.